The van der Waals surface area contributed by atoms with Gasteiger partial charge in [-0.15, -0.1) is 10.2 Å². The summed E-state index contributed by atoms with van der Waals surface area (Å²) in [4.78, 5) is 75.5. The van der Waals surface area contributed by atoms with Crippen LogP contribution in [-0.4, -0.2) is 128 Å². The molecule has 2 aliphatic rings. The number of nitrogens with two attached hydrogens (primary N) is 1. The molecule has 6 aromatic heterocycles. The molecular formula is C55H71F9N14O9. The molecule has 478 valence electrons. The number of carbonyl (C=O) groups is 4. The van der Waals surface area contributed by atoms with E-state index in [1.165, 1.54) is 11.0 Å². The topological polar surface area (TPSA) is 272 Å². The number of nitrogens with one attached hydrogen (secondary N) is 1. The minimum absolute atomic E-state index is 0.0423. The average Bonchev–Trinajstić information content (AvgIpc) is 2.57. The van der Waals surface area contributed by atoms with Gasteiger partial charge < -0.3 is 39.6 Å². The fourth-order valence-electron chi connectivity index (χ4n) is 8.84. The van der Waals surface area contributed by atoms with Gasteiger partial charge in [-0.1, -0.05) is 13.8 Å². The molecule has 3 N–H and O–H groups in total. The summed E-state index contributed by atoms with van der Waals surface area (Å²) in [6.07, 6.45) is -7.31. The Morgan fingerprint density at radius 3 is 1.43 bits per heavy atom. The van der Waals surface area contributed by atoms with Crippen LogP contribution in [0.3, 0.4) is 0 Å². The van der Waals surface area contributed by atoms with E-state index in [0.717, 1.165) is 62.6 Å². The number of aldehydes is 1. The summed E-state index contributed by atoms with van der Waals surface area (Å²) in [5.41, 5.74) is 2.00. The molecule has 8 rings (SSSR count). The SMILES string of the molecule is CN(C(=O)OC(C)(C)C)C1CCC(n2nc(Oc3cc(C(F)(F)F)ccn3)c3c(N(C(=O)OC(C)(C)C)C(=O)OC(C)(C)C)ncnc32)CC1.CNC1CCC(n2nc(Oc3cc(C(F)(F)F)ccn3)c3c(N)ncnc32)CC1.O=CC(F)(F)F.[2H]CC. The van der Waals surface area contributed by atoms with Crippen LogP contribution in [0.25, 0.3) is 22.1 Å². The minimum atomic E-state index is -4.69. The van der Waals surface area contributed by atoms with Gasteiger partial charge in [0.05, 0.1) is 23.2 Å². The molecule has 0 atom stereocenters. The predicted octanol–water partition coefficient (Wildman–Crippen LogP) is 13.2. The Morgan fingerprint density at radius 2 is 1.02 bits per heavy atom. The van der Waals surface area contributed by atoms with Gasteiger partial charge in [0.15, 0.2) is 17.1 Å². The van der Waals surface area contributed by atoms with Crippen molar-refractivity contribution >= 4 is 58.3 Å². The molecule has 6 heterocycles. The van der Waals surface area contributed by atoms with Crippen molar-refractivity contribution in [2.24, 2.45) is 0 Å². The first-order valence-electron chi connectivity index (χ1n) is 27.8. The lowest BCUT2D eigenvalue weighted by molar-refractivity contribution is -0.156. The number of alkyl halides is 9. The monoisotopic (exact) mass is 1240 g/mol. The Bertz CT molecular complexity index is 3300. The molecule has 0 saturated heterocycles. The van der Waals surface area contributed by atoms with Crippen molar-refractivity contribution in [3.63, 3.8) is 0 Å². The van der Waals surface area contributed by atoms with Crippen LogP contribution in [-0.2, 0) is 31.4 Å². The number of ether oxygens (including phenoxy) is 5. The van der Waals surface area contributed by atoms with Crippen LogP contribution < -0.4 is 25.4 Å². The molecule has 6 aromatic rings. The first-order chi connectivity index (χ1) is 40.8. The summed E-state index contributed by atoms with van der Waals surface area (Å²) in [6, 6.07) is 3.27. The Balaban J connectivity index is 0.000000310. The normalized spacial score (nSPS) is 17.6. The van der Waals surface area contributed by atoms with Gasteiger partial charge in [-0.2, -0.15) is 44.4 Å². The van der Waals surface area contributed by atoms with Gasteiger partial charge in [0.1, 0.15) is 46.0 Å². The average molecular weight is 1240 g/mol. The number of halogens is 9. The van der Waals surface area contributed by atoms with Crippen LogP contribution in [0.5, 0.6) is 23.5 Å². The maximum absolute atomic E-state index is 13.6. The molecule has 2 fully saturated rings. The third kappa shape index (κ3) is 19.4. The molecule has 0 aliphatic heterocycles. The van der Waals surface area contributed by atoms with E-state index in [9.17, 15) is 53.9 Å². The molecule has 0 bridgehead atoms. The molecule has 0 aromatic carbocycles. The van der Waals surface area contributed by atoms with E-state index in [0.29, 0.717) is 60.6 Å². The van der Waals surface area contributed by atoms with E-state index in [1.54, 1.807) is 85.9 Å². The number of carbonyl (C=O) groups excluding carboxylic acids is 4. The highest BCUT2D eigenvalue weighted by atomic mass is 19.4. The first kappa shape index (κ1) is 67.9. The zero-order valence-corrected chi connectivity index (χ0v) is 49.9. The van der Waals surface area contributed by atoms with Crippen LogP contribution in [0.1, 0.15) is 152 Å². The highest BCUT2D eigenvalue weighted by molar-refractivity contribution is 6.14. The highest BCUT2D eigenvalue weighted by Gasteiger charge is 2.40. The minimum Gasteiger partial charge on any atom is -0.444 e. The quantitative estimate of drug-likeness (QED) is 0.0773. The Labute approximate surface area is 496 Å². The van der Waals surface area contributed by atoms with Gasteiger partial charge in [-0.25, -0.2) is 53.7 Å². The standard InChI is InChI=1S/C33H44F3N7O7.C18H20F3N7O.C2HF3O.C2H6/c1-30(2,3)48-27(44)41(10)20-11-13-21(14-12-20)43-25-23(26(40-43)47-22-17-19(15-16-37-22)33(34,35)36)24(38-18-39-25)42(28(45)49-31(4,5)6)29(46)50-32(7,8)9;1-23-11-2-4-12(5-3-11)28-16-14(15(22)25-9-26-16)17(27-28)29-13-8-10(6-7-24-13)18(19,20)21;3-2(4,5)1-6;1-2/h15-18,20-21H,11-14H2,1-10H3;6-9,11-12,23H,2-5H2,1H3,(H2,22,25,26);1H;1-2H3/i;;;1D. The number of pyridine rings is 2. The lowest BCUT2D eigenvalue weighted by Crippen LogP contribution is -2.44. The maximum atomic E-state index is 13.6. The van der Waals surface area contributed by atoms with E-state index in [4.69, 9.17) is 35.6 Å². The second kappa shape index (κ2) is 28.1. The van der Waals surface area contributed by atoms with Crippen molar-refractivity contribution in [3.8, 4) is 23.5 Å². The van der Waals surface area contributed by atoms with Gasteiger partial charge in [0, 0.05) is 45.0 Å². The second-order valence-corrected chi connectivity index (χ2v) is 22.6. The van der Waals surface area contributed by atoms with Gasteiger partial charge in [0.2, 0.25) is 18.0 Å². The summed E-state index contributed by atoms with van der Waals surface area (Å²) < 4.78 is 148. The molecule has 0 radical (unpaired) electrons. The zero-order valence-electron chi connectivity index (χ0n) is 50.9. The number of nitrogens with zero attached hydrogens (tertiary/aromatic N) is 12. The number of hydrogen-bond acceptors (Lipinski definition) is 19. The number of amides is 3. The molecule has 2 aliphatic carbocycles. The van der Waals surface area contributed by atoms with Crippen LogP contribution >= 0.6 is 0 Å². The van der Waals surface area contributed by atoms with Crippen molar-refractivity contribution in [2.45, 2.75) is 187 Å². The third-order valence-corrected chi connectivity index (χ3v) is 12.6. The van der Waals surface area contributed by atoms with Crippen LogP contribution in [0.2, 0.25) is 0 Å². The lowest BCUT2D eigenvalue weighted by atomic mass is 9.90. The smallest absolute Gasteiger partial charge is 0.444 e. The van der Waals surface area contributed by atoms with E-state index >= 15 is 0 Å². The Morgan fingerprint density at radius 1 is 0.632 bits per heavy atom. The van der Waals surface area contributed by atoms with Gasteiger partial charge in [-0.05, 0) is 133 Å². The molecule has 2 saturated carbocycles. The van der Waals surface area contributed by atoms with E-state index in [1.807, 2.05) is 7.05 Å². The van der Waals surface area contributed by atoms with Crippen LogP contribution in [0.4, 0.5) is 65.5 Å². The highest BCUT2D eigenvalue weighted by Crippen LogP contribution is 2.42. The third-order valence-electron chi connectivity index (χ3n) is 12.6. The maximum Gasteiger partial charge on any atom is 0.446 e. The van der Waals surface area contributed by atoms with Gasteiger partial charge in [0.25, 0.3) is 11.8 Å². The molecule has 0 unspecified atom stereocenters. The molecular weight excluding hydrogens is 1170 g/mol. The number of imide groups is 1. The molecule has 0 spiro atoms. The molecule has 32 heteroatoms. The number of aromatic nitrogens is 10. The van der Waals surface area contributed by atoms with Crippen LogP contribution in [0, 0.1) is 0 Å². The summed E-state index contributed by atoms with van der Waals surface area (Å²) in [7, 11) is 3.62. The molecule has 87 heavy (non-hydrogen) atoms. The molecule has 23 nitrogen and oxygen atoms in total. The fourth-order valence-corrected chi connectivity index (χ4v) is 8.84. The van der Waals surface area contributed by atoms with Crippen molar-refractivity contribution in [1.29, 1.82) is 0 Å². The Kier molecular flexibility index (Phi) is 21.9. The summed E-state index contributed by atoms with van der Waals surface area (Å²) in [5, 5.41) is 12.6. The predicted molar refractivity (Wildman–Crippen MR) is 298 cm³/mol. The summed E-state index contributed by atoms with van der Waals surface area (Å²) >= 11 is 0. The van der Waals surface area contributed by atoms with Crippen molar-refractivity contribution in [3.05, 3.63) is 60.4 Å². The largest absolute Gasteiger partial charge is 0.446 e. The van der Waals surface area contributed by atoms with E-state index < -0.39 is 76.9 Å². The van der Waals surface area contributed by atoms with Crippen molar-refractivity contribution in [1.82, 2.24) is 59.7 Å². The van der Waals surface area contributed by atoms with Crippen molar-refractivity contribution < 1.29 is 83.7 Å². The number of anilines is 2. The van der Waals surface area contributed by atoms with Crippen molar-refractivity contribution in [2.75, 3.05) is 24.7 Å². The molecule has 3 amide bonds. The van der Waals surface area contributed by atoms with Crippen LogP contribution in [0.15, 0.2) is 49.3 Å². The van der Waals surface area contributed by atoms with Gasteiger partial charge >= 0.3 is 36.8 Å². The number of nitrogen functional groups attached to an aromatic ring is 1. The summed E-state index contributed by atoms with van der Waals surface area (Å²) in [6.45, 7) is 17.3. The number of fused-ring (bicyclic) bond motifs is 2. The van der Waals surface area contributed by atoms with E-state index in [-0.39, 0.29) is 58.4 Å². The zero-order chi connectivity index (χ0) is 65.9. The fraction of sp³-hybridized carbons (Fsp3) is 0.564. The second-order valence-electron chi connectivity index (χ2n) is 22.6. The summed E-state index contributed by atoms with van der Waals surface area (Å²) in [5.74, 6) is -1.14. The number of hydrogen-bond donors (Lipinski definition) is 2. The number of rotatable bonds is 9. The lowest BCUT2D eigenvalue weighted by Gasteiger charge is -2.35. The van der Waals surface area contributed by atoms with Gasteiger partial charge in [-0.3, -0.25) is 4.79 Å². The first-order valence-corrected chi connectivity index (χ1v) is 27.1. The Hall–Kier alpha value is -8.19. The van der Waals surface area contributed by atoms with E-state index in [2.05, 4.69) is 45.4 Å².